The number of aryl methyl sites for hydroxylation is 1. The lowest BCUT2D eigenvalue weighted by molar-refractivity contribution is 0.649. The minimum atomic E-state index is -0.0262. The molecule has 3 aromatic rings. The Morgan fingerprint density at radius 1 is 1.05 bits per heavy atom. The molecule has 1 unspecified atom stereocenters. The van der Waals surface area contributed by atoms with Crippen molar-refractivity contribution in [3.8, 4) is 0 Å². The SMILES string of the molecule is CNC(c1ncc(C)cn1)c1cccc2cnccc12. The first-order chi connectivity index (χ1) is 9.79. The molecule has 0 aliphatic heterocycles. The van der Waals surface area contributed by atoms with Crippen molar-refractivity contribution in [3.63, 3.8) is 0 Å². The highest BCUT2D eigenvalue weighted by molar-refractivity contribution is 5.85. The predicted molar refractivity (Wildman–Crippen MR) is 79.4 cm³/mol. The third kappa shape index (κ3) is 2.26. The number of nitrogens with one attached hydrogen (secondary N) is 1. The van der Waals surface area contributed by atoms with Gasteiger partial charge in [0.15, 0.2) is 0 Å². The third-order valence-electron chi connectivity index (χ3n) is 3.37. The predicted octanol–water partition coefficient (Wildman–Crippen LogP) is 2.64. The molecule has 0 amide bonds. The summed E-state index contributed by atoms with van der Waals surface area (Å²) in [5, 5.41) is 5.60. The standard InChI is InChI=1S/C16H16N4/c1-11-8-19-16(20-9-11)15(17-2)14-5-3-4-12-10-18-7-6-13(12)14/h3-10,15,17H,1-2H3. The summed E-state index contributed by atoms with van der Waals surface area (Å²) in [7, 11) is 1.92. The van der Waals surface area contributed by atoms with E-state index in [0.717, 1.165) is 22.3 Å². The van der Waals surface area contributed by atoms with Gasteiger partial charge in [0.2, 0.25) is 0 Å². The molecule has 2 heterocycles. The number of pyridine rings is 1. The van der Waals surface area contributed by atoms with E-state index in [4.69, 9.17) is 0 Å². The van der Waals surface area contributed by atoms with Gasteiger partial charge >= 0.3 is 0 Å². The second kappa shape index (κ2) is 5.35. The zero-order valence-corrected chi connectivity index (χ0v) is 11.5. The molecular formula is C16H16N4. The topological polar surface area (TPSA) is 50.7 Å². The minimum absolute atomic E-state index is 0.0262. The maximum absolute atomic E-state index is 4.44. The summed E-state index contributed by atoms with van der Waals surface area (Å²) in [6, 6.07) is 8.21. The molecule has 1 N–H and O–H groups in total. The number of rotatable bonds is 3. The summed E-state index contributed by atoms with van der Waals surface area (Å²) in [6.45, 7) is 1.99. The van der Waals surface area contributed by atoms with Gasteiger partial charge in [-0.25, -0.2) is 9.97 Å². The summed E-state index contributed by atoms with van der Waals surface area (Å²) < 4.78 is 0. The Labute approximate surface area is 117 Å². The number of hydrogen-bond acceptors (Lipinski definition) is 4. The molecule has 1 aromatic carbocycles. The van der Waals surface area contributed by atoms with E-state index in [1.54, 1.807) is 0 Å². The van der Waals surface area contributed by atoms with Crippen LogP contribution >= 0.6 is 0 Å². The number of benzene rings is 1. The van der Waals surface area contributed by atoms with Crippen molar-refractivity contribution >= 4 is 10.8 Å². The fourth-order valence-corrected chi connectivity index (χ4v) is 2.37. The van der Waals surface area contributed by atoms with E-state index < -0.39 is 0 Å². The normalized spacial score (nSPS) is 12.5. The van der Waals surface area contributed by atoms with Gasteiger partial charge in [0.1, 0.15) is 5.82 Å². The largest absolute Gasteiger partial charge is 0.307 e. The molecule has 0 radical (unpaired) electrons. The van der Waals surface area contributed by atoms with Crippen LogP contribution in [0.5, 0.6) is 0 Å². The van der Waals surface area contributed by atoms with E-state index in [2.05, 4.69) is 32.4 Å². The van der Waals surface area contributed by atoms with E-state index >= 15 is 0 Å². The second-order valence-corrected chi connectivity index (χ2v) is 4.78. The summed E-state index contributed by atoms with van der Waals surface area (Å²) in [6.07, 6.45) is 7.38. The molecule has 4 heteroatoms. The summed E-state index contributed by atoms with van der Waals surface area (Å²) in [5.41, 5.74) is 2.22. The minimum Gasteiger partial charge on any atom is -0.307 e. The molecule has 2 aromatic heterocycles. The highest BCUT2D eigenvalue weighted by Crippen LogP contribution is 2.26. The molecule has 3 rings (SSSR count). The Morgan fingerprint density at radius 3 is 2.60 bits per heavy atom. The van der Waals surface area contributed by atoms with Crippen molar-refractivity contribution < 1.29 is 0 Å². The summed E-state index contributed by atoms with van der Waals surface area (Å²) in [4.78, 5) is 13.1. The van der Waals surface area contributed by atoms with Crippen molar-refractivity contribution in [2.75, 3.05) is 7.05 Å². The maximum Gasteiger partial charge on any atom is 0.149 e. The van der Waals surface area contributed by atoms with Gasteiger partial charge in [0.05, 0.1) is 6.04 Å². The first kappa shape index (κ1) is 12.7. The van der Waals surface area contributed by atoms with Crippen LogP contribution in [-0.4, -0.2) is 22.0 Å². The number of fused-ring (bicyclic) bond motifs is 1. The van der Waals surface area contributed by atoms with Gasteiger partial charge in [-0.3, -0.25) is 4.98 Å². The van der Waals surface area contributed by atoms with Gasteiger partial charge in [-0.1, -0.05) is 18.2 Å². The molecule has 0 saturated carbocycles. The fraction of sp³-hybridized carbons (Fsp3) is 0.188. The molecule has 0 spiro atoms. The van der Waals surface area contributed by atoms with Gasteiger partial charge in [-0.15, -0.1) is 0 Å². The van der Waals surface area contributed by atoms with E-state index in [0.29, 0.717) is 0 Å². The van der Waals surface area contributed by atoms with Crippen LogP contribution in [0.4, 0.5) is 0 Å². The van der Waals surface area contributed by atoms with Crippen LogP contribution in [0.25, 0.3) is 10.8 Å². The Balaban J connectivity index is 2.14. The number of hydrogen-bond donors (Lipinski definition) is 1. The average molecular weight is 264 g/mol. The van der Waals surface area contributed by atoms with Crippen LogP contribution in [-0.2, 0) is 0 Å². The summed E-state index contributed by atoms with van der Waals surface area (Å²) >= 11 is 0. The Kier molecular flexibility index (Phi) is 3.39. The van der Waals surface area contributed by atoms with Gasteiger partial charge in [-0.2, -0.15) is 0 Å². The van der Waals surface area contributed by atoms with Crippen molar-refractivity contribution in [2.24, 2.45) is 0 Å². The van der Waals surface area contributed by atoms with Crippen LogP contribution in [0.1, 0.15) is 23.0 Å². The highest BCUT2D eigenvalue weighted by Gasteiger charge is 2.17. The van der Waals surface area contributed by atoms with Gasteiger partial charge in [-0.05, 0) is 36.6 Å². The van der Waals surface area contributed by atoms with Gasteiger partial charge < -0.3 is 5.32 Å². The van der Waals surface area contributed by atoms with E-state index in [-0.39, 0.29) is 6.04 Å². The maximum atomic E-state index is 4.44. The molecule has 20 heavy (non-hydrogen) atoms. The smallest absolute Gasteiger partial charge is 0.149 e. The van der Waals surface area contributed by atoms with Gasteiger partial charge in [0.25, 0.3) is 0 Å². The van der Waals surface area contributed by atoms with Crippen molar-refractivity contribution in [1.29, 1.82) is 0 Å². The number of nitrogens with zero attached hydrogens (tertiary/aromatic N) is 3. The quantitative estimate of drug-likeness (QED) is 0.790. The molecule has 0 saturated heterocycles. The lowest BCUT2D eigenvalue weighted by Crippen LogP contribution is -2.20. The van der Waals surface area contributed by atoms with Crippen LogP contribution in [0.3, 0.4) is 0 Å². The molecular weight excluding hydrogens is 248 g/mol. The van der Waals surface area contributed by atoms with Crippen molar-refractivity contribution in [3.05, 3.63) is 66.0 Å². The monoisotopic (exact) mass is 264 g/mol. The van der Waals surface area contributed by atoms with Crippen molar-refractivity contribution in [2.45, 2.75) is 13.0 Å². The molecule has 0 aliphatic carbocycles. The molecule has 0 fully saturated rings. The Morgan fingerprint density at radius 2 is 1.85 bits per heavy atom. The van der Waals surface area contributed by atoms with Crippen LogP contribution in [0, 0.1) is 6.92 Å². The third-order valence-corrected chi connectivity index (χ3v) is 3.37. The van der Waals surface area contributed by atoms with Crippen molar-refractivity contribution in [1.82, 2.24) is 20.3 Å². The van der Waals surface area contributed by atoms with E-state index in [1.807, 2.05) is 50.9 Å². The van der Waals surface area contributed by atoms with Gasteiger partial charge in [0, 0.05) is 30.2 Å². The number of aromatic nitrogens is 3. The van der Waals surface area contributed by atoms with Crippen LogP contribution in [0.15, 0.2) is 49.1 Å². The second-order valence-electron chi connectivity index (χ2n) is 4.78. The van der Waals surface area contributed by atoms with Crippen LogP contribution in [0.2, 0.25) is 0 Å². The molecule has 0 aliphatic rings. The molecule has 4 nitrogen and oxygen atoms in total. The first-order valence-corrected chi connectivity index (χ1v) is 6.58. The Hall–Kier alpha value is -2.33. The zero-order valence-electron chi connectivity index (χ0n) is 11.5. The van der Waals surface area contributed by atoms with E-state index in [1.165, 1.54) is 5.39 Å². The molecule has 1 atom stereocenters. The fourth-order valence-electron chi connectivity index (χ4n) is 2.37. The van der Waals surface area contributed by atoms with E-state index in [9.17, 15) is 0 Å². The Bertz CT molecular complexity index is 717. The van der Waals surface area contributed by atoms with Crippen LogP contribution < -0.4 is 5.32 Å². The summed E-state index contributed by atoms with van der Waals surface area (Å²) in [5.74, 6) is 0.780. The first-order valence-electron chi connectivity index (χ1n) is 6.58. The lowest BCUT2D eigenvalue weighted by atomic mass is 9.99. The highest BCUT2D eigenvalue weighted by atomic mass is 15.0. The molecule has 100 valence electrons. The zero-order chi connectivity index (χ0) is 13.9. The lowest BCUT2D eigenvalue weighted by Gasteiger charge is -2.17. The average Bonchev–Trinajstić information content (AvgIpc) is 2.50. The molecule has 0 bridgehead atoms.